The van der Waals surface area contributed by atoms with Crippen LogP contribution >= 0.6 is 0 Å². The summed E-state index contributed by atoms with van der Waals surface area (Å²) < 4.78 is 0. The average molecular weight is 290 g/mol. The Morgan fingerprint density at radius 2 is 1.14 bits per heavy atom. The number of rotatable bonds is 2. The maximum Gasteiger partial charge on any atom is 0.0314 e. The molecule has 2 nitrogen and oxygen atoms in total. The Labute approximate surface area is 131 Å². The molecule has 0 aliphatic heterocycles. The van der Waals surface area contributed by atoms with Gasteiger partial charge < -0.3 is 11.5 Å². The number of fused-ring (bicyclic) bond motifs is 1. The second-order valence-corrected chi connectivity index (χ2v) is 7.56. The molecule has 22 heavy (non-hydrogen) atoms. The van der Waals surface area contributed by atoms with E-state index in [4.69, 9.17) is 11.5 Å². The molecular weight excluding hydrogens is 268 g/mol. The van der Waals surface area contributed by atoms with Gasteiger partial charge in [0.1, 0.15) is 0 Å². The van der Waals surface area contributed by atoms with Crippen molar-refractivity contribution in [3.63, 3.8) is 0 Å². The normalized spacial score (nSPS) is 33.6. The first-order chi connectivity index (χ1) is 10.7. The molecular formula is C20H22N2. The van der Waals surface area contributed by atoms with Crippen molar-refractivity contribution in [2.24, 2.45) is 23.7 Å². The lowest BCUT2D eigenvalue weighted by Gasteiger charge is -2.61. The molecule has 0 amide bonds. The van der Waals surface area contributed by atoms with Gasteiger partial charge in [-0.25, -0.2) is 0 Å². The second-order valence-electron chi connectivity index (χ2n) is 7.56. The van der Waals surface area contributed by atoms with Crippen LogP contribution in [-0.4, -0.2) is 0 Å². The van der Waals surface area contributed by atoms with E-state index in [-0.39, 0.29) is 5.41 Å². The minimum atomic E-state index is 0.207. The summed E-state index contributed by atoms with van der Waals surface area (Å²) in [5, 5.41) is 0. The molecule has 3 aliphatic carbocycles. The van der Waals surface area contributed by atoms with Crippen molar-refractivity contribution in [1.29, 1.82) is 0 Å². The molecule has 2 unspecified atom stereocenters. The highest BCUT2D eigenvalue weighted by molar-refractivity contribution is 5.53. The van der Waals surface area contributed by atoms with Crippen LogP contribution in [0.4, 0.5) is 11.4 Å². The van der Waals surface area contributed by atoms with E-state index in [1.807, 2.05) is 0 Å². The Kier molecular flexibility index (Phi) is 2.32. The van der Waals surface area contributed by atoms with E-state index in [1.165, 1.54) is 30.4 Å². The fourth-order valence-corrected chi connectivity index (χ4v) is 6.09. The van der Waals surface area contributed by atoms with Crippen LogP contribution in [0.25, 0.3) is 0 Å². The summed E-state index contributed by atoms with van der Waals surface area (Å²) in [6, 6.07) is 17.3. The highest BCUT2D eigenvalue weighted by atomic mass is 14.7. The van der Waals surface area contributed by atoms with Gasteiger partial charge in [0, 0.05) is 16.8 Å². The Morgan fingerprint density at radius 1 is 0.682 bits per heavy atom. The van der Waals surface area contributed by atoms with E-state index in [0.29, 0.717) is 0 Å². The predicted octanol–water partition coefficient (Wildman–Crippen LogP) is 3.81. The molecule has 4 N–H and O–H groups in total. The van der Waals surface area contributed by atoms with Gasteiger partial charge in [0.25, 0.3) is 0 Å². The number of benzene rings is 2. The van der Waals surface area contributed by atoms with E-state index in [2.05, 4.69) is 48.5 Å². The third-order valence-electron chi connectivity index (χ3n) is 6.76. The van der Waals surface area contributed by atoms with Gasteiger partial charge in [-0.1, -0.05) is 24.3 Å². The largest absolute Gasteiger partial charge is 0.399 e. The first kappa shape index (κ1) is 12.6. The molecule has 112 valence electrons. The summed E-state index contributed by atoms with van der Waals surface area (Å²) in [6.45, 7) is 0. The molecule has 0 radical (unpaired) electrons. The van der Waals surface area contributed by atoms with Crippen LogP contribution in [0, 0.1) is 23.7 Å². The second kappa shape index (κ2) is 4.07. The van der Waals surface area contributed by atoms with E-state index in [9.17, 15) is 0 Å². The third kappa shape index (κ3) is 1.36. The van der Waals surface area contributed by atoms with Crippen molar-refractivity contribution in [2.45, 2.75) is 24.7 Å². The smallest absolute Gasteiger partial charge is 0.0314 e. The summed E-state index contributed by atoms with van der Waals surface area (Å²) >= 11 is 0. The summed E-state index contributed by atoms with van der Waals surface area (Å²) in [5.41, 5.74) is 16.7. The van der Waals surface area contributed by atoms with E-state index >= 15 is 0 Å². The average Bonchev–Trinajstić information content (AvgIpc) is 3.08. The van der Waals surface area contributed by atoms with Gasteiger partial charge in [0.15, 0.2) is 0 Å². The van der Waals surface area contributed by atoms with Crippen LogP contribution < -0.4 is 11.5 Å². The van der Waals surface area contributed by atoms with Crippen LogP contribution in [0.2, 0.25) is 0 Å². The van der Waals surface area contributed by atoms with Crippen molar-refractivity contribution in [1.82, 2.24) is 0 Å². The molecule has 0 heterocycles. The zero-order valence-corrected chi connectivity index (χ0v) is 12.7. The fraction of sp³-hybridized carbons (Fsp3) is 0.400. The van der Waals surface area contributed by atoms with Crippen molar-refractivity contribution < 1.29 is 0 Å². The minimum absolute atomic E-state index is 0.207. The molecule has 2 heteroatoms. The van der Waals surface area contributed by atoms with Gasteiger partial charge in [0.2, 0.25) is 0 Å². The maximum absolute atomic E-state index is 5.92. The lowest BCUT2D eigenvalue weighted by Crippen LogP contribution is -2.59. The number of nitrogens with two attached hydrogens (primary N) is 2. The lowest BCUT2D eigenvalue weighted by atomic mass is 9.41. The topological polar surface area (TPSA) is 52.0 Å². The highest BCUT2D eigenvalue weighted by Gasteiger charge is 2.69. The van der Waals surface area contributed by atoms with Crippen LogP contribution in [0.3, 0.4) is 0 Å². The SMILES string of the molecule is Nc1ccc(C2(c3ccc(N)cc3)C3CC4CC3C2C4)cc1. The molecule has 2 aromatic rings. The molecule has 2 bridgehead atoms. The molecule has 2 aromatic carbocycles. The van der Waals surface area contributed by atoms with Crippen molar-refractivity contribution in [2.75, 3.05) is 11.5 Å². The molecule has 2 atom stereocenters. The van der Waals surface area contributed by atoms with Crippen molar-refractivity contribution in [3.8, 4) is 0 Å². The van der Waals surface area contributed by atoms with Crippen LogP contribution in [0.1, 0.15) is 30.4 Å². The van der Waals surface area contributed by atoms with Crippen molar-refractivity contribution >= 4 is 11.4 Å². The van der Waals surface area contributed by atoms with Gasteiger partial charge in [0.05, 0.1) is 0 Å². The Hall–Kier alpha value is -1.96. The van der Waals surface area contributed by atoms with Gasteiger partial charge in [-0.05, 0) is 78.3 Å². The van der Waals surface area contributed by atoms with Gasteiger partial charge in [-0.2, -0.15) is 0 Å². The first-order valence-electron chi connectivity index (χ1n) is 8.41. The molecule has 3 aliphatic rings. The predicted molar refractivity (Wildman–Crippen MR) is 90.3 cm³/mol. The van der Waals surface area contributed by atoms with Crippen LogP contribution in [0.5, 0.6) is 0 Å². The van der Waals surface area contributed by atoms with E-state index in [0.717, 1.165) is 35.0 Å². The molecule has 0 aromatic heterocycles. The number of nitrogen functional groups attached to an aromatic ring is 2. The Balaban J connectivity index is 1.70. The number of hydrogen-bond donors (Lipinski definition) is 2. The van der Waals surface area contributed by atoms with Gasteiger partial charge in [-0.3, -0.25) is 0 Å². The lowest BCUT2D eigenvalue weighted by molar-refractivity contribution is -0.0227. The third-order valence-corrected chi connectivity index (χ3v) is 6.76. The summed E-state index contributed by atoms with van der Waals surface area (Å²) in [5.74, 6) is 3.54. The van der Waals surface area contributed by atoms with Crippen molar-refractivity contribution in [3.05, 3.63) is 59.7 Å². The minimum Gasteiger partial charge on any atom is -0.399 e. The maximum atomic E-state index is 5.92. The molecule has 3 saturated carbocycles. The van der Waals surface area contributed by atoms with E-state index < -0.39 is 0 Å². The highest BCUT2D eigenvalue weighted by Crippen LogP contribution is 2.74. The Morgan fingerprint density at radius 3 is 1.50 bits per heavy atom. The Bertz CT molecular complexity index is 655. The van der Waals surface area contributed by atoms with Crippen LogP contribution in [0.15, 0.2) is 48.5 Å². The van der Waals surface area contributed by atoms with Crippen LogP contribution in [-0.2, 0) is 5.41 Å². The molecule has 0 spiro atoms. The summed E-state index contributed by atoms with van der Waals surface area (Å²) in [4.78, 5) is 0. The molecule has 5 rings (SSSR count). The summed E-state index contributed by atoms with van der Waals surface area (Å²) in [6.07, 6.45) is 4.26. The summed E-state index contributed by atoms with van der Waals surface area (Å²) in [7, 11) is 0. The van der Waals surface area contributed by atoms with E-state index in [1.54, 1.807) is 0 Å². The first-order valence-corrected chi connectivity index (χ1v) is 8.41. The zero-order valence-electron chi connectivity index (χ0n) is 12.7. The number of anilines is 2. The molecule has 0 saturated heterocycles. The van der Waals surface area contributed by atoms with Gasteiger partial charge in [-0.15, -0.1) is 0 Å². The quantitative estimate of drug-likeness (QED) is 0.826. The standard InChI is InChI=1S/C20H22N2/c21-15-5-1-13(2-6-15)20(14-3-7-16(22)8-4-14)18-10-12-9-17(18)19(20)11-12/h1-8,12,17-19H,9-11,21-22H2. The van der Waals surface area contributed by atoms with Gasteiger partial charge >= 0.3 is 0 Å². The monoisotopic (exact) mass is 290 g/mol. The zero-order chi connectivity index (χ0) is 14.9. The molecule has 3 fully saturated rings. The fourth-order valence-electron chi connectivity index (χ4n) is 6.09. The number of hydrogen-bond acceptors (Lipinski definition) is 2.